The Hall–Kier alpha value is -3.09. The fraction of sp³-hybridized carbons (Fsp3) is 0.111. The molecule has 0 aliphatic carbocycles. The van der Waals surface area contributed by atoms with E-state index in [0.717, 1.165) is 12.1 Å². The SMILES string of the molecule is Cc1cc(C(=O)Nc2cccc(C(F)(F)F)c2)n(-c2ccccc2)n1. The molecule has 0 atom stereocenters. The zero-order chi connectivity index (χ0) is 18.0. The molecule has 3 rings (SSSR count). The molecule has 25 heavy (non-hydrogen) atoms. The van der Waals surface area contributed by atoms with Crippen LogP contribution in [0.5, 0.6) is 0 Å². The van der Waals surface area contributed by atoms with Crippen LogP contribution in [-0.4, -0.2) is 15.7 Å². The normalized spacial score (nSPS) is 11.4. The van der Waals surface area contributed by atoms with Gasteiger partial charge in [-0.25, -0.2) is 4.68 Å². The molecule has 4 nitrogen and oxygen atoms in total. The molecule has 0 aliphatic rings. The lowest BCUT2D eigenvalue weighted by molar-refractivity contribution is -0.137. The minimum absolute atomic E-state index is 0.0679. The maximum atomic E-state index is 12.8. The number of halogens is 3. The van der Waals surface area contributed by atoms with Gasteiger partial charge in [0.1, 0.15) is 5.69 Å². The molecule has 0 bridgehead atoms. The molecule has 0 fully saturated rings. The van der Waals surface area contributed by atoms with Crippen molar-refractivity contribution in [2.75, 3.05) is 5.32 Å². The van der Waals surface area contributed by atoms with Crippen molar-refractivity contribution in [1.29, 1.82) is 0 Å². The Labute approximate surface area is 141 Å². The van der Waals surface area contributed by atoms with Crippen molar-refractivity contribution in [2.45, 2.75) is 13.1 Å². The summed E-state index contributed by atoms with van der Waals surface area (Å²) in [5.41, 5.74) is 0.792. The number of rotatable bonds is 3. The Morgan fingerprint density at radius 3 is 2.44 bits per heavy atom. The van der Waals surface area contributed by atoms with Crippen LogP contribution in [-0.2, 0) is 6.18 Å². The third-order valence-electron chi connectivity index (χ3n) is 3.51. The molecule has 0 unspecified atom stereocenters. The van der Waals surface area contributed by atoms with Gasteiger partial charge in [-0.3, -0.25) is 4.79 Å². The smallest absolute Gasteiger partial charge is 0.321 e. The van der Waals surface area contributed by atoms with Gasteiger partial charge in [-0.2, -0.15) is 18.3 Å². The van der Waals surface area contributed by atoms with E-state index in [0.29, 0.717) is 11.4 Å². The summed E-state index contributed by atoms with van der Waals surface area (Å²) in [5, 5.41) is 6.77. The lowest BCUT2D eigenvalue weighted by Crippen LogP contribution is -2.17. The number of para-hydroxylation sites is 1. The molecule has 1 N–H and O–H groups in total. The number of anilines is 1. The molecule has 128 valence electrons. The highest BCUT2D eigenvalue weighted by Crippen LogP contribution is 2.30. The second kappa shape index (κ2) is 6.43. The number of hydrogen-bond acceptors (Lipinski definition) is 2. The summed E-state index contributed by atoms with van der Waals surface area (Å²) in [7, 11) is 0. The minimum atomic E-state index is -4.47. The zero-order valence-electron chi connectivity index (χ0n) is 13.2. The van der Waals surface area contributed by atoms with Crippen LogP contribution in [0.4, 0.5) is 18.9 Å². The van der Waals surface area contributed by atoms with Gasteiger partial charge in [-0.15, -0.1) is 0 Å². The van der Waals surface area contributed by atoms with Crippen molar-refractivity contribution >= 4 is 11.6 Å². The number of aromatic nitrogens is 2. The van der Waals surface area contributed by atoms with E-state index in [1.54, 1.807) is 37.3 Å². The highest BCUT2D eigenvalue weighted by molar-refractivity contribution is 6.03. The molecule has 0 aliphatic heterocycles. The first-order chi connectivity index (χ1) is 11.8. The number of nitrogens with one attached hydrogen (secondary N) is 1. The van der Waals surface area contributed by atoms with Crippen molar-refractivity contribution < 1.29 is 18.0 Å². The van der Waals surface area contributed by atoms with E-state index in [-0.39, 0.29) is 11.4 Å². The lowest BCUT2D eigenvalue weighted by Gasteiger charge is -2.11. The Kier molecular flexibility index (Phi) is 4.31. The van der Waals surface area contributed by atoms with Crippen LogP contribution in [0.25, 0.3) is 5.69 Å². The fourth-order valence-electron chi connectivity index (χ4n) is 2.40. The van der Waals surface area contributed by atoms with Crippen LogP contribution in [0, 0.1) is 6.92 Å². The van der Waals surface area contributed by atoms with Crippen LogP contribution < -0.4 is 5.32 Å². The summed E-state index contributed by atoms with van der Waals surface area (Å²) in [6.07, 6.45) is -4.47. The number of aryl methyl sites for hydroxylation is 1. The molecule has 2 aromatic carbocycles. The van der Waals surface area contributed by atoms with Crippen LogP contribution in [0.3, 0.4) is 0 Å². The second-order valence-electron chi connectivity index (χ2n) is 5.45. The molecule has 7 heteroatoms. The summed E-state index contributed by atoms with van der Waals surface area (Å²) in [4.78, 5) is 12.5. The molecule has 0 spiro atoms. The van der Waals surface area contributed by atoms with Crippen LogP contribution in [0.1, 0.15) is 21.7 Å². The van der Waals surface area contributed by atoms with Crippen molar-refractivity contribution in [2.24, 2.45) is 0 Å². The summed E-state index contributed by atoms with van der Waals surface area (Å²) >= 11 is 0. The maximum absolute atomic E-state index is 12.8. The monoisotopic (exact) mass is 345 g/mol. The fourth-order valence-corrected chi connectivity index (χ4v) is 2.40. The minimum Gasteiger partial charge on any atom is -0.321 e. The first-order valence-corrected chi connectivity index (χ1v) is 7.45. The maximum Gasteiger partial charge on any atom is 0.416 e. The summed E-state index contributed by atoms with van der Waals surface area (Å²) in [5.74, 6) is -0.538. The quantitative estimate of drug-likeness (QED) is 0.762. The number of nitrogens with zero attached hydrogens (tertiary/aromatic N) is 2. The summed E-state index contributed by atoms with van der Waals surface area (Å²) in [6, 6.07) is 15.1. The molecule has 0 saturated heterocycles. The van der Waals surface area contributed by atoms with Crippen molar-refractivity contribution in [3.8, 4) is 5.69 Å². The number of hydrogen-bond donors (Lipinski definition) is 1. The molecular formula is C18H14F3N3O. The average molecular weight is 345 g/mol. The Balaban J connectivity index is 1.90. The van der Waals surface area contributed by atoms with E-state index < -0.39 is 17.6 Å². The first kappa shape index (κ1) is 16.8. The lowest BCUT2D eigenvalue weighted by atomic mass is 10.2. The van der Waals surface area contributed by atoms with E-state index in [1.807, 2.05) is 6.07 Å². The van der Waals surface area contributed by atoms with Gasteiger partial charge in [0.2, 0.25) is 0 Å². The van der Waals surface area contributed by atoms with E-state index in [2.05, 4.69) is 10.4 Å². The van der Waals surface area contributed by atoms with E-state index >= 15 is 0 Å². The van der Waals surface area contributed by atoms with Gasteiger partial charge in [-0.1, -0.05) is 24.3 Å². The van der Waals surface area contributed by atoms with Crippen LogP contribution in [0.2, 0.25) is 0 Å². The van der Waals surface area contributed by atoms with Crippen LogP contribution in [0.15, 0.2) is 60.7 Å². The summed E-state index contributed by atoms with van der Waals surface area (Å²) < 4.78 is 39.8. The van der Waals surface area contributed by atoms with E-state index in [4.69, 9.17) is 0 Å². The van der Waals surface area contributed by atoms with Gasteiger partial charge in [-0.05, 0) is 43.3 Å². The topological polar surface area (TPSA) is 46.9 Å². The largest absolute Gasteiger partial charge is 0.416 e. The molecule has 1 amide bonds. The zero-order valence-corrected chi connectivity index (χ0v) is 13.2. The van der Waals surface area contributed by atoms with Gasteiger partial charge in [0.15, 0.2) is 0 Å². The predicted octanol–water partition coefficient (Wildman–Crippen LogP) is 4.45. The standard InChI is InChI=1S/C18H14F3N3O/c1-12-10-16(24(23-12)15-8-3-2-4-9-15)17(25)22-14-7-5-6-13(11-14)18(19,20)21/h2-11H,1H3,(H,22,25). The predicted molar refractivity (Wildman–Crippen MR) is 87.7 cm³/mol. The molecule has 0 saturated carbocycles. The van der Waals surface area contributed by atoms with Crippen molar-refractivity contribution in [1.82, 2.24) is 9.78 Å². The third-order valence-corrected chi connectivity index (χ3v) is 3.51. The summed E-state index contributed by atoms with van der Waals surface area (Å²) in [6.45, 7) is 1.74. The number of benzene rings is 2. The number of amides is 1. The number of carbonyl (C=O) groups excluding carboxylic acids is 1. The van der Waals surface area contributed by atoms with Gasteiger partial charge in [0.25, 0.3) is 5.91 Å². The van der Waals surface area contributed by atoms with Gasteiger partial charge < -0.3 is 5.32 Å². The molecule has 1 heterocycles. The highest BCUT2D eigenvalue weighted by Gasteiger charge is 2.30. The molecule has 1 aromatic heterocycles. The van der Waals surface area contributed by atoms with Gasteiger partial charge in [0, 0.05) is 5.69 Å². The Bertz CT molecular complexity index is 901. The van der Waals surface area contributed by atoms with E-state index in [9.17, 15) is 18.0 Å². The third kappa shape index (κ3) is 3.71. The Morgan fingerprint density at radius 1 is 1.04 bits per heavy atom. The molecule has 3 aromatic rings. The molecule has 0 radical (unpaired) electrons. The number of carbonyl (C=O) groups is 1. The molecular weight excluding hydrogens is 331 g/mol. The first-order valence-electron chi connectivity index (χ1n) is 7.45. The second-order valence-corrected chi connectivity index (χ2v) is 5.45. The van der Waals surface area contributed by atoms with E-state index in [1.165, 1.54) is 16.8 Å². The van der Waals surface area contributed by atoms with Gasteiger partial charge >= 0.3 is 6.18 Å². The van der Waals surface area contributed by atoms with Crippen molar-refractivity contribution in [3.05, 3.63) is 77.6 Å². The number of alkyl halides is 3. The highest BCUT2D eigenvalue weighted by atomic mass is 19.4. The van der Waals surface area contributed by atoms with Crippen LogP contribution >= 0.6 is 0 Å². The Morgan fingerprint density at radius 2 is 1.76 bits per heavy atom. The average Bonchev–Trinajstić information content (AvgIpc) is 2.97. The van der Waals surface area contributed by atoms with Crippen molar-refractivity contribution in [3.63, 3.8) is 0 Å². The van der Waals surface area contributed by atoms with Gasteiger partial charge in [0.05, 0.1) is 16.9 Å².